The summed E-state index contributed by atoms with van der Waals surface area (Å²) in [6.07, 6.45) is 3.93. The van der Waals surface area contributed by atoms with Crippen LogP contribution in [-0.2, 0) is 0 Å². The fraction of sp³-hybridized carbons (Fsp3) is 0.533. The van der Waals surface area contributed by atoms with E-state index in [-0.39, 0.29) is 17.7 Å². The van der Waals surface area contributed by atoms with Crippen LogP contribution in [0.3, 0.4) is 0 Å². The largest absolute Gasteiger partial charge is 0.494 e. The molecule has 1 aromatic rings. The van der Waals surface area contributed by atoms with E-state index in [0.29, 0.717) is 12.1 Å². The molecule has 110 valence electrons. The van der Waals surface area contributed by atoms with Crippen LogP contribution in [0.25, 0.3) is 0 Å². The lowest BCUT2D eigenvalue weighted by Gasteiger charge is -2.35. The van der Waals surface area contributed by atoms with E-state index in [4.69, 9.17) is 10.5 Å². The van der Waals surface area contributed by atoms with E-state index in [1.165, 1.54) is 25.3 Å². The minimum atomic E-state index is -0.457. The maximum atomic E-state index is 13.4. The number of carbonyl (C=O) groups is 1. The molecule has 1 saturated heterocycles. The first kappa shape index (κ1) is 14.8. The summed E-state index contributed by atoms with van der Waals surface area (Å²) >= 11 is 0. The lowest BCUT2D eigenvalue weighted by molar-refractivity contribution is 0.0604. The van der Waals surface area contributed by atoms with Gasteiger partial charge in [-0.05, 0) is 50.4 Å². The molecule has 4 nitrogen and oxygen atoms in total. The molecule has 0 radical (unpaired) electrons. The van der Waals surface area contributed by atoms with Crippen LogP contribution in [0.5, 0.6) is 5.75 Å². The number of likely N-dealkylation sites (tertiary alicyclic amines) is 1. The summed E-state index contributed by atoms with van der Waals surface area (Å²) in [7, 11) is 1.39. The number of nitrogens with two attached hydrogens (primary N) is 1. The minimum Gasteiger partial charge on any atom is -0.494 e. The number of nitrogens with zero attached hydrogens (tertiary/aromatic N) is 1. The number of hydrogen-bond donors (Lipinski definition) is 1. The molecule has 0 saturated carbocycles. The lowest BCUT2D eigenvalue weighted by atomic mass is 9.98. The molecule has 0 aliphatic carbocycles. The van der Waals surface area contributed by atoms with Gasteiger partial charge in [0, 0.05) is 18.2 Å². The van der Waals surface area contributed by atoms with Crippen LogP contribution in [0.4, 0.5) is 4.39 Å². The van der Waals surface area contributed by atoms with E-state index < -0.39 is 5.82 Å². The third kappa shape index (κ3) is 3.10. The van der Waals surface area contributed by atoms with Crippen LogP contribution in [0.2, 0.25) is 0 Å². The molecule has 2 N–H and O–H groups in total. The molecular weight excluding hydrogens is 259 g/mol. The number of benzene rings is 1. The summed E-state index contributed by atoms with van der Waals surface area (Å²) in [5, 5.41) is 0. The summed E-state index contributed by atoms with van der Waals surface area (Å²) in [5.74, 6) is -0.425. The van der Waals surface area contributed by atoms with Crippen molar-refractivity contribution in [1.82, 2.24) is 4.90 Å². The Balaban J connectivity index is 2.20. The SMILES string of the molecule is COc1cc(C(=O)N2CCCCC2CCN)ccc1F. The number of methoxy groups -OCH3 is 1. The first-order valence-corrected chi connectivity index (χ1v) is 7.02. The molecule has 0 bridgehead atoms. The average molecular weight is 280 g/mol. The standard InChI is InChI=1S/C15H21FN2O2/c1-20-14-10-11(5-6-13(14)16)15(19)18-9-3-2-4-12(18)7-8-17/h5-6,10,12H,2-4,7-9,17H2,1H3. The quantitative estimate of drug-likeness (QED) is 0.919. The zero-order valence-electron chi connectivity index (χ0n) is 11.8. The Morgan fingerprint density at radius 3 is 3.00 bits per heavy atom. The van der Waals surface area contributed by atoms with Crippen molar-refractivity contribution in [2.45, 2.75) is 31.7 Å². The Morgan fingerprint density at radius 2 is 2.30 bits per heavy atom. The van der Waals surface area contributed by atoms with Gasteiger partial charge in [0.05, 0.1) is 7.11 Å². The fourth-order valence-electron chi connectivity index (χ4n) is 2.72. The molecule has 5 heteroatoms. The fourth-order valence-corrected chi connectivity index (χ4v) is 2.72. The van der Waals surface area contributed by atoms with Gasteiger partial charge in [0.2, 0.25) is 0 Å². The minimum absolute atomic E-state index is 0.0681. The monoisotopic (exact) mass is 280 g/mol. The first-order chi connectivity index (χ1) is 9.67. The van der Waals surface area contributed by atoms with Crippen molar-refractivity contribution in [2.24, 2.45) is 5.73 Å². The second-order valence-electron chi connectivity index (χ2n) is 5.07. The number of carbonyl (C=O) groups excluding carboxylic acids is 1. The van der Waals surface area contributed by atoms with Crippen LogP contribution in [0.1, 0.15) is 36.0 Å². The average Bonchev–Trinajstić information content (AvgIpc) is 2.48. The number of halogens is 1. The molecule has 1 aliphatic heterocycles. The summed E-state index contributed by atoms with van der Waals surface area (Å²) in [6, 6.07) is 4.44. The summed E-state index contributed by atoms with van der Waals surface area (Å²) in [5.41, 5.74) is 6.08. The van der Waals surface area contributed by atoms with Gasteiger partial charge in [0.15, 0.2) is 11.6 Å². The maximum absolute atomic E-state index is 13.4. The normalized spacial score (nSPS) is 18.9. The van der Waals surface area contributed by atoms with Gasteiger partial charge in [-0.15, -0.1) is 0 Å². The van der Waals surface area contributed by atoms with Gasteiger partial charge in [-0.3, -0.25) is 4.79 Å². The Kier molecular flexibility index (Phi) is 4.95. The Morgan fingerprint density at radius 1 is 1.50 bits per heavy atom. The number of rotatable bonds is 4. The smallest absolute Gasteiger partial charge is 0.254 e. The molecule has 1 fully saturated rings. The second kappa shape index (κ2) is 6.70. The first-order valence-electron chi connectivity index (χ1n) is 7.02. The van der Waals surface area contributed by atoms with Gasteiger partial charge in [-0.2, -0.15) is 0 Å². The van der Waals surface area contributed by atoms with Crippen molar-refractivity contribution in [3.05, 3.63) is 29.6 Å². The summed E-state index contributed by atoms with van der Waals surface area (Å²) < 4.78 is 18.3. The van der Waals surface area contributed by atoms with E-state index in [9.17, 15) is 9.18 Å². The van der Waals surface area contributed by atoms with Crippen molar-refractivity contribution in [3.8, 4) is 5.75 Å². The molecule has 1 aromatic carbocycles. The molecule has 0 aromatic heterocycles. The van der Waals surface area contributed by atoms with Gasteiger partial charge in [0.25, 0.3) is 5.91 Å². The van der Waals surface area contributed by atoms with Crippen molar-refractivity contribution in [3.63, 3.8) is 0 Å². The molecule has 2 rings (SSSR count). The van der Waals surface area contributed by atoms with Crippen molar-refractivity contribution in [2.75, 3.05) is 20.2 Å². The third-order valence-electron chi connectivity index (χ3n) is 3.79. The van der Waals surface area contributed by atoms with Crippen molar-refractivity contribution < 1.29 is 13.9 Å². The van der Waals surface area contributed by atoms with Crippen LogP contribution >= 0.6 is 0 Å². The second-order valence-corrected chi connectivity index (χ2v) is 5.07. The molecule has 0 spiro atoms. The van der Waals surface area contributed by atoms with Gasteiger partial charge >= 0.3 is 0 Å². The summed E-state index contributed by atoms with van der Waals surface area (Å²) in [6.45, 7) is 1.31. The predicted octanol–water partition coefficient (Wildman–Crippen LogP) is 2.18. The van der Waals surface area contributed by atoms with Crippen LogP contribution in [-0.4, -0.2) is 37.0 Å². The number of amides is 1. The van der Waals surface area contributed by atoms with Gasteiger partial charge in [-0.25, -0.2) is 4.39 Å². The zero-order chi connectivity index (χ0) is 14.5. The van der Waals surface area contributed by atoms with Gasteiger partial charge in [-0.1, -0.05) is 0 Å². The Hall–Kier alpha value is -1.62. The molecule has 20 heavy (non-hydrogen) atoms. The predicted molar refractivity (Wildman–Crippen MR) is 75.3 cm³/mol. The third-order valence-corrected chi connectivity index (χ3v) is 3.79. The molecule has 1 amide bonds. The van der Waals surface area contributed by atoms with Gasteiger partial charge < -0.3 is 15.4 Å². The molecular formula is C15H21FN2O2. The number of hydrogen-bond acceptors (Lipinski definition) is 3. The lowest BCUT2D eigenvalue weighted by Crippen LogP contribution is -2.44. The van der Waals surface area contributed by atoms with E-state index in [1.807, 2.05) is 4.90 Å². The molecule has 1 unspecified atom stereocenters. The van der Waals surface area contributed by atoms with Crippen molar-refractivity contribution >= 4 is 5.91 Å². The molecule has 1 atom stereocenters. The van der Waals surface area contributed by atoms with Crippen molar-refractivity contribution in [1.29, 1.82) is 0 Å². The van der Waals surface area contributed by atoms with E-state index in [0.717, 1.165) is 32.2 Å². The van der Waals surface area contributed by atoms with Crippen LogP contribution in [0, 0.1) is 5.82 Å². The maximum Gasteiger partial charge on any atom is 0.254 e. The van der Waals surface area contributed by atoms with Crippen LogP contribution < -0.4 is 10.5 Å². The molecule has 1 heterocycles. The van der Waals surface area contributed by atoms with Gasteiger partial charge in [0.1, 0.15) is 0 Å². The highest BCUT2D eigenvalue weighted by atomic mass is 19.1. The Bertz CT molecular complexity index is 477. The van der Waals surface area contributed by atoms with E-state index in [1.54, 1.807) is 0 Å². The Labute approximate surface area is 118 Å². The highest BCUT2D eigenvalue weighted by molar-refractivity contribution is 5.94. The topological polar surface area (TPSA) is 55.6 Å². The zero-order valence-corrected chi connectivity index (χ0v) is 11.8. The molecule has 1 aliphatic rings. The van der Waals surface area contributed by atoms with E-state index >= 15 is 0 Å². The highest BCUT2D eigenvalue weighted by Crippen LogP contribution is 2.24. The highest BCUT2D eigenvalue weighted by Gasteiger charge is 2.27. The summed E-state index contributed by atoms with van der Waals surface area (Å²) in [4.78, 5) is 14.4. The number of ether oxygens (including phenoxy) is 1. The van der Waals surface area contributed by atoms with E-state index in [2.05, 4.69) is 0 Å². The van der Waals surface area contributed by atoms with Crippen LogP contribution in [0.15, 0.2) is 18.2 Å². The number of piperidine rings is 1.